The highest BCUT2D eigenvalue weighted by atomic mass is 32.2. The molecule has 0 aliphatic carbocycles. The minimum absolute atomic E-state index is 0.238. The van der Waals surface area contributed by atoms with Gasteiger partial charge in [-0.05, 0) is 35.5 Å². The van der Waals surface area contributed by atoms with Crippen molar-refractivity contribution in [3.8, 4) is 5.75 Å². The van der Waals surface area contributed by atoms with Gasteiger partial charge in [0.25, 0.3) is 5.91 Å². The first kappa shape index (κ1) is 15.8. The lowest BCUT2D eigenvalue weighted by Gasteiger charge is -2.04. The maximum atomic E-state index is 11.7. The maximum absolute atomic E-state index is 11.7. The molecule has 1 aromatic rings. The molecule has 2 rings (SSSR count). The SMILES string of the molecule is CC(=O)NC1=NC(=O)/C(=C/c2cccc(OCC(=O)O)c2)S1. The number of carbonyl (C=O) groups is 3. The molecule has 2 N–H and O–H groups in total. The summed E-state index contributed by atoms with van der Waals surface area (Å²) in [6.07, 6.45) is 1.60. The highest BCUT2D eigenvalue weighted by Crippen LogP contribution is 2.28. The van der Waals surface area contributed by atoms with Gasteiger partial charge in [0.15, 0.2) is 11.8 Å². The molecular weight excluding hydrogens is 308 g/mol. The second-order valence-electron chi connectivity index (χ2n) is 4.27. The van der Waals surface area contributed by atoms with E-state index in [0.29, 0.717) is 16.2 Å². The van der Waals surface area contributed by atoms with Gasteiger partial charge in [-0.1, -0.05) is 12.1 Å². The van der Waals surface area contributed by atoms with Crippen molar-refractivity contribution >= 4 is 40.8 Å². The Bertz CT molecular complexity index is 696. The first-order chi connectivity index (χ1) is 10.4. The van der Waals surface area contributed by atoms with Crippen molar-refractivity contribution in [2.75, 3.05) is 6.61 Å². The van der Waals surface area contributed by atoms with E-state index < -0.39 is 18.5 Å². The van der Waals surface area contributed by atoms with Crippen LogP contribution in [0.15, 0.2) is 34.2 Å². The molecule has 1 heterocycles. The van der Waals surface area contributed by atoms with Gasteiger partial charge in [0.1, 0.15) is 5.75 Å². The molecule has 0 saturated carbocycles. The number of hydrogen-bond acceptors (Lipinski definition) is 5. The number of ether oxygens (including phenoxy) is 1. The maximum Gasteiger partial charge on any atom is 0.341 e. The van der Waals surface area contributed by atoms with Crippen molar-refractivity contribution in [1.29, 1.82) is 0 Å². The number of aliphatic imine (C=N–C) groups is 1. The molecular formula is C14H12N2O5S. The zero-order valence-electron chi connectivity index (χ0n) is 11.5. The Hall–Kier alpha value is -2.61. The lowest BCUT2D eigenvalue weighted by molar-refractivity contribution is -0.139. The van der Waals surface area contributed by atoms with Crippen molar-refractivity contribution in [3.05, 3.63) is 34.7 Å². The molecule has 0 saturated heterocycles. The normalized spacial score (nSPS) is 15.6. The smallest absolute Gasteiger partial charge is 0.341 e. The fourth-order valence-electron chi connectivity index (χ4n) is 1.60. The van der Waals surface area contributed by atoms with Gasteiger partial charge < -0.3 is 15.2 Å². The molecule has 1 aromatic carbocycles. The number of nitrogens with zero attached hydrogens (tertiary/aromatic N) is 1. The van der Waals surface area contributed by atoms with E-state index in [1.165, 1.54) is 6.92 Å². The predicted octanol–water partition coefficient (Wildman–Crippen LogP) is 1.26. The molecule has 1 aliphatic rings. The Labute approximate surface area is 130 Å². The first-order valence-electron chi connectivity index (χ1n) is 6.19. The molecule has 0 aromatic heterocycles. The summed E-state index contributed by atoms with van der Waals surface area (Å²) < 4.78 is 5.07. The Morgan fingerprint density at radius 3 is 2.91 bits per heavy atom. The number of carbonyl (C=O) groups excluding carboxylic acids is 2. The van der Waals surface area contributed by atoms with Gasteiger partial charge in [-0.2, -0.15) is 4.99 Å². The number of benzene rings is 1. The van der Waals surface area contributed by atoms with Crippen LogP contribution in [0.25, 0.3) is 6.08 Å². The van der Waals surface area contributed by atoms with Crippen molar-refractivity contribution in [2.24, 2.45) is 4.99 Å². The zero-order chi connectivity index (χ0) is 16.1. The molecule has 0 spiro atoms. The van der Waals surface area contributed by atoms with E-state index >= 15 is 0 Å². The average molecular weight is 320 g/mol. The second-order valence-corrected chi connectivity index (χ2v) is 5.30. The Balaban J connectivity index is 2.10. The number of carboxylic acid groups (broad SMARTS) is 1. The van der Waals surface area contributed by atoms with Gasteiger partial charge in [0.05, 0.1) is 4.91 Å². The molecule has 0 bridgehead atoms. The number of amides is 2. The topological polar surface area (TPSA) is 105 Å². The fourth-order valence-corrected chi connectivity index (χ4v) is 2.46. The van der Waals surface area contributed by atoms with Crippen molar-refractivity contribution < 1.29 is 24.2 Å². The molecule has 2 amide bonds. The van der Waals surface area contributed by atoms with Gasteiger partial charge in [-0.15, -0.1) is 0 Å². The van der Waals surface area contributed by atoms with Crippen LogP contribution in [0.2, 0.25) is 0 Å². The highest BCUT2D eigenvalue weighted by Gasteiger charge is 2.22. The third-order valence-corrected chi connectivity index (χ3v) is 3.32. The molecule has 0 atom stereocenters. The minimum atomic E-state index is -1.07. The predicted molar refractivity (Wildman–Crippen MR) is 81.4 cm³/mol. The summed E-state index contributed by atoms with van der Waals surface area (Å²) in [5.41, 5.74) is 0.665. The van der Waals surface area contributed by atoms with Crippen molar-refractivity contribution in [2.45, 2.75) is 6.92 Å². The van der Waals surface area contributed by atoms with E-state index in [9.17, 15) is 14.4 Å². The van der Waals surface area contributed by atoms with Crippen LogP contribution >= 0.6 is 11.8 Å². The quantitative estimate of drug-likeness (QED) is 0.809. The number of hydrogen-bond donors (Lipinski definition) is 2. The van der Waals surface area contributed by atoms with Crippen LogP contribution in [0.1, 0.15) is 12.5 Å². The summed E-state index contributed by atoms with van der Waals surface area (Å²) in [5.74, 6) is -1.43. The van der Waals surface area contributed by atoms with Crippen molar-refractivity contribution in [3.63, 3.8) is 0 Å². The second kappa shape index (κ2) is 6.90. The van der Waals surface area contributed by atoms with Gasteiger partial charge in [-0.3, -0.25) is 9.59 Å². The van der Waals surface area contributed by atoms with E-state index in [-0.39, 0.29) is 11.1 Å². The molecule has 0 unspecified atom stereocenters. The summed E-state index contributed by atoms with van der Waals surface area (Å²) in [5, 5.41) is 11.3. The first-order valence-corrected chi connectivity index (χ1v) is 7.00. The number of carboxylic acids is 1. The van der Waals surface area contributed by atoms with Crippen LogP contribution in [0, 0.1) is 0 Å². The molecule has 0 radical (unpaired) electrons. The van der Waals surface area contributed by atoms with Crippen LogP contribution in [0.5, 0.6) is 5.75 Å². The lowest BCUT2D eigenvalue weighted by atomic mass is 10.2. The molecule has 1 aliphatic heterocycles. The molecule has 7 nitrogen and oxygen atoms in total. The Kier molecular flexibility index (Phi) is 4.95. The van der Waals surface area contributed by atoms with E-state index in [1.54, 1.807) is 30.3 Å². The average Bonchev–Trinajstić information content (AvgIpc) is 2.76. The van der Waals surface area contributed by atoms with Crippen LogP contribution in [-0.4, -0.2) is 34.7 Å². The summed E-state index contributed by atoms with van der Waals surface area (Å²) in [4.78, 5) is 37.2. The third kappa shape index (κ3) is 4.45. The van der Waals surface area contributed by atoms with Crippen molar-refractivity contribution in [1.82, 2.24) is 5.32 Å². The van der Waals surface area contributed by atoms with E-state index in [0.717, 1.165) is 11.8 Å². The van der Waals surface area contributed by atoms with E-state index in [4.69, 9.17) is 9.84 Å². The van der Waals surface area contributed by atoms with Gasteiger partial charge >= 0.3 is 5.97 Å². The molecule has 8 heteroatoms. The minimum Gasteiger partial charge on any atom is -0.482 e. The Morgan fingerprint density at radius 2 is 2.23 bits per heavy atom. The van der Waals surface area contributed by atoms with Gasteiger partial charge in [0.2, 0.25) is 5.91 Å². The van der Waals surface area contributed by atoms with E-state index in [2.05, 4.69) is 10.3 Å². The van der Waals surface area contributed by atoms with Gasteiger partial charge in [0, 0.05) is 6.92 Å². The number of thioether (sulfide) groups is 1. The number of aliphatic carboxylic acids is 1. The lowest BCUT2D eigenvalue weighted by Crippen LogP contribution is -2.23. The van der Waals surface area contributed by atoms with E-state index in [1.807, 2.05) is 0 Å². The summed E-state index contributed by atoms with van der Waals surface area (Å²) in [6.45, 7) is 0.891. The largest absolute Gasteiger partial charge is 0.482 e. The fraction of sp³-hybridized carbons (Fsp3) is 0.143. The number of rotatable bonds is 4. The van der Waals surface area contributed by atoms with Gasteiger partial charge in [-0.25, -0.2) is 4.79 Å². The standard InChI is InChI=1S/C14H12N2O5S/c1-8(17)15-14-16-13(20)11(22-14)6-9-3-2-4-10(5-9)21-7-12(18)19/h2-6H,7H2,1H3,(H,18,19)(H,15,16,17,20)/b11-6-. The third-order valence-electron chi connectivity index (χ3n) is 2.42. The molecule has 114 valence electrons. The Morgan fingerprint density at radius 1 is 1.45 bits per heavy atom. The summed E-state index contributed by atoms with van der Waals surface area (Å²) in [6, 6.07) is 6.65. The zero-order valence-corrected chi connectivity index (χ0v) is 12.3. The van der Waals surface area contributed by atoms with Crippen LogP contribution in [-0.2, 0) is 14.4 Å². The number of amidine groups is 1. The van der Waals surface area contributed by atoms with Crippen LogP contribution < -0.4 is 10.1 Å². The molecule has 22 heavy (non-hydrogen) atoms. The van der Waals surface area contributed by atoms with Crippen LogP contribution in [0.3, 0.4) is 0 Å². The monoisotopic (exact) mass is 320 g/mol. The molecule has 0 fully saturated rings. The summed E-state index contributed by atoms with van der Waals surface area (Å²) >= 11 is 1.06. The highest BCUT2D eigenvalue weighted by molar-refractivity contribution is 8.18. The number of nitrogens with one attached hydrogen (secondary N) is 1. The van der Waals surface area contributed by atoms with Crippen LogP contribution in [0.4, 0.5) is 0 Å². The summed E-state index contributed by atoms with van der Waals surface area (Å²) in [7, 11) is 0.